The van der Waals surface area contributed by atoms with E-state index in [0.29, 0.717) is 15.9 Å². The second-order valence-corrected chi connectivity index (χ2v) is 8.30. The van der Waals surface area contributed by atoms with E-state index in [1.54, 1.807) is 6.07 Å². The molecule has 0 bridgehead atoms. The van der Waals surface area contributed by atoms with Crippen LogP contribution in [0.4, 0.5) is 10.2 Å². The third-order valence-electron chi connectivity index (χ3n) is 4.54. The van der Waals surface area contributed by atoms with Gasteiger partial charge in [-0.2, -0.15) is 0 Å². The van der Waals surface area contributed by atoms with Crippen molar-refractivity contribution in [2.45, 2.75) is 23.2 Å². The van der Waals surface area contributed by atoms with Gasteiger partial charge >= 0.3 is 0 Å². The molecule has 0 saturated heterocycles. The number of nitrogens with zero attached hydrogens (tertiary/aromatic N) is 1. The molecule has 0 radical (unpaired) electrons. The average Bonchev–Trinajstić information content (AvgIpc) is 2.65. The summed E-state index contributed by atoms with van der Waals surface area (Å²) in [5.41, 5.74) is 0.844. The maximum Gasteiger partial charge on any atom is 0.257 e. The van der Waals surface area contributed by atoms with E-state index in [0.717, 1.165) is 5.56 Å². The van der Waals surface area contributed by atoms with Crippen LogP contribution in [0.3, 0.4) is 0 Å². The van der Waals surface area contributed by atoms with E-state index in [1.165, 1.54) is 30.0 Å². The number of carbonyl (C=O) groups is 1. The number of nitrogens with one attached hydrogen (secondary N) is 2. The minimum absolute atomic E-state index is 0.0899. The zero-order chi connectivity index (χ0) is 20.5. The van der Waals surface area contributed by atoms with Gasteiger partial charge in [0.15, 0.2) is 5.16 Å². The summed E-state index contributed by atoms with van der Waals surface area (Å²) in [6.07, 6.45) is -0.0899. The molecule has 1 atom stereocenters. The molecule has 0 fully saturated rings. The first-order valence-electron chi connectivity index (χ1n) is 8.67. The van der Waals surface area contributed by atoms with Crippen LogP contribution >= 0.6 is 35.0 Å². The number of benzene rings is 2. The number of aromatic nitrogens is 2. The van der Waals surface area contributed by atoms with E-state index in [4.69, 9.17) is 23.2 Å². The molecular formula is C20H14Cl2FN3O2S. The number of anilines is 1. The van der Waals surface area contributed by atoms with E-state index < -0.39 is 17.3 Å². The fourth-order valence-corrected chi connectivity index (χ4v) is 4.60. The maximum atomic E-state index is 14.4. The molecule has 1 amide bonds. The third kappa shape index (κ3) is 4.17. The zero-order valence-corrected chi connectivity index (χ0v) is 17.2. The van der Waals surface area contributed by atoms with Gasteiger partial charge in [-0.1, -0.05) is 53.2 Å². The van der Waals surface area contributed by atoms with Crippen LogP contribution in [-0.2, 0) is 10.5 Å². The summed E-state index contributed by atoms with van der Waals surface area (Å²) in [5, 5.41) is 3.74. The molecule has 1 aliphatic heterocycles. The summed E-state index contributed by atoms with van der Waals surface area (Å²) in [6, 6.07) is 11.6. The highest BCUT2D eigenvalue weighted by Crippen LogP contribution is 2.39. The van der Waals surface area contributed by atoms with Crippen LogP contribution in [0.15, 0.2) is 52.4 Å². The molecule has 3 aromatic rings. The van der Waals surface area contributed by atoms with Gasteiger partial charge in [0.05, 0.1) is 5.56 Å². The predicted octanol–water partition coefficient (Wildman–Crippen LogP) is 4.98. The van der Waals surface area contributed by atoms with Crippen LogP contribution in [0.2, 0.25) is 10.0 Å². The van der Waals surface area contributed by atoms with Crippen molar-refractivity contribution in [3.05, 3.63) is 85.4 Å². The number of thioether (sulfide) groups is 1. The van der Waals surface area contributed by atoms with Crippen LogP contribution < -0.4 is 10.9 Å². The standard InChI is InChI=1S/C20H14Cl2FN3O2S/c21-11-4-1-3-10(7-11)9-29-20-25-18-17(19(28)26-20)12(8-15(27)24-18)16-13(22)5-2-6-14(16)23/h1-7,12H,8-9H2,(H2,24,25,26,27,28). The first-order valence-corrected chi connectivity index (χ1v) is 10.4. The molecule has 5 nitrogen and oxygen atoms in total. The van der Waals surface area contributed by atoms with E-state index >= 15 is 0 Å². The molecule has 9 heteroatoms. The lowest BCUT2D eigenvalue weighted by Gasteiger charge is -2.25. The second kappa shape index (κ2) is 8.18. The van der Waals surface area contributed by atoms with Crippen molar-refractivity contribution in [2.24, 2.45) is 0 Å². The number of amides is 1. The maximum absolute atomic E-state index is 14.4. The Hall–Kier alpha value is -2.35. The van der Waals surface area contributed by atoms with E-state index in [1.807, 2.05) is 18.2 Å². The van der Waals surface area contributed by atoms with Gasteiger partial charge < -0.3 is 10.3 Å². The van der Waals surface area contributed by atoms with Crippen molar-refractivity contribution in [3.63, 3.8) is 0 Å². The molecule has 0 saturated carbocycles. The molecule has 0 spiro atoms. The van der Waals surface area contributed by atoms with Crippen molar-refractivity contribution in [1.29, 1.82) is 0 Å². The number of fused-ring (bicyclic) bond motifs is 1. The van der Waals surface area contributed by atoms with Crippen LogP contribution in [0.25, 0.3) is 0 Å². The Labute approximate surface area is 179 Å². The molecule has 0 aliphatic carbocycles. The van der Waals surface area contributed by atoms with Crippen LogP contribution in [-0.4, -0.2) is 15.9 Å². The molecule has 1 aliphatic rings. The second-order valence-electron chi connectivity index (χ2n) is 6.49. The van der Waals surface area contributed by atoms with E-state index in [-0.39, 0.29) is 34.3 Å². The minimum Gasteiger partial charge on any atom is -0.310 e. The Kier molecular flexibility index (Phi) is 5.63. The number of hydrogen-bond donors (Lipinski definition) is 2. The summed E-state index contributed by atoms with van der Waals surface area (Å²) in [4.78, 5) is 32.1. The van der Waals surface area contributed by atoms with Gasteiger partial charge in [-0.25, -0.2) is 9.37 Å². The molecular weight excluding hydrogens is 436 g/mol. The van der Waals surface area contributed by atoms with Gasteiger partial charge in [0.25, 0.3) is 5.56 Å². The average molecular weight is 450 g/mol. The third-order valence-corrected chi connectivity index (χ3v) is 6.05. The van der Waals surface area contributed by atoms with Crippen LogP contribution in [0, 0.1) is 5.82 Å². The van der Waals surface area contributed by atoms with Crippen molar-refractivity contribution in [1.82, 2.24) is 9.97 Å². The van der Waals surface area contributed by atoms with Crippen LogP contribution in [0.1, 0.15) is 29.0 Å². The number of aromatic amines is 1. The Morgan fingerprint density at radius 1 is 1.14 bits per heavy atom. The lowest BCUT2D eigenvalue weighted by molar-refractivity contribution is -0.116. The number of rotatable bonds is 4. The lowest BCUT2D eigenvalue weighted by atomic mass is 9.86. The van der Waals surface area contributed by atoms with Crippen molar-refractivity contribution < 1.29 is 9.18 Å². The summed E-state index contributed by atoms with van der Waals surface area (Å²) in [5.74, 6) is -1.08. The lowest BCUT2D eigenvalue weighted by Crippen LogP contribution is -2.31. The summed E-state index contributed by atoms with van der Waals surface area (Å²) in [6.45, 7) is 0. The summed E-state index contributed by atoms with van der Waals surface area (Å²) in [7, 11) is 0. The Morgan fingerprint density at radius 2 is 1.93 bits per heavy atom. The minimum atomic E-state index is -0.810. The monoisotopic (exact) mass is 449 g/mol. The van der Waals surface area contributed by atoms with Crippen molar-refractivity contribution >= 4 is 46.7 Å². The largest absolute Gasteiger partial charge is 0.310 e. The highest BCUT2D eigenvalue weighted by atomic mass is 35.5. The zero-order valence-electron chi connectivity index (χ0n) is 14.8. The summed E-state index contributed by atoms with van der Waals surface area (Å²) < 4.78 is 14.4. The molecule has 1 unspecified atom stereocenters. The topological polar surface area (TPSA) is 74.8 Å². The number of hydrogen-bond acceptors (Lipinski definition) is 4. The molecule has 29 heavy (non-hydrogen) atoms. The van der Waals surface area contributed by atoms with Crippen molar-refractivity contribution in [2.75, 3.05) is 5.32 Å². The summed E-state index contributed by atoms with van der Waals surface area (Å²) >= 11 is 13.5. The Bertz CT molecular complexity index is 1150. The van der Waals surface area contributed by atoms with Gasteiger partial charge in [0, 0.05) is 33.7 Å². The fourth-order valence-electron chi connectivity index (χ4n) is 3.29. The number of carbonyl (C=O) groups excluding carboxylic acids is 1. The van der Waals surface area contributed by atoms with Crippen molar-refractivity contribution in [3.8, 4) is 0 Å². The molecule has 4 rings (SSSR count). The number of halogens is 3. The Morgan fingerprint density at radius 3 is 2.69 bits per heavy atom. The molecule has 2 aromatic carbocycles. The van der Waals surface area contributed by atoms with Gasteiger partial charge in [-0.3, -0.25) is 9.59 Å². The van der Waals surface area contributed by atoms with Gasteiger partial charge in [-0.15, -0.1) is 0 Å². The highest BCUT2D eigenvalue weighted by Gasteiger charge is 2.33. The first-order chi connectivity index (χ1) is 13.9. The normalized spacial score (nSPS) is 15.7. The fraction of sp³-hybridized carbons (Fsp3) is 0.150. The van der Waals surface area contributed by atoms with Crippen LogP contribution in [0.5, 0.6) is 0 Å². The quantitative estimate of drug-likeness (QED) is 0.434. The van der Waals surface area contributed by atoms with E-state index in [9.17, 15) is 14.0 Å². The number of H-pyrrole nitrogens is 1. The molecule has 1 aromatic heterocycles. The van der Waals surface area contributed by atoms with Gasteiger partial charge in [0.2, 0.25) is 5.91 Å². The molecule has 148 valence electrons. The van der Waals surface area contributed by atoms with E-state index in [2.05, 4.69) is 15.3 Å². The SMILES string of the molecule is O=C1CC(c2c(F)cccc2Cl)c2c(nc(SCc3cccc(Cl)c3)[nH]c2=O)N1. The van der Waals surface area contributed by atoms with Gasteiger partial charge in [0.1, 0.15) is 11.6 Å². The van der Waals surface area contributed by atoms with Gasteiger partial charge in [-0.05, 0) is 29.8 Å². The molecule has 2 N–H and O–H groups in total. The molecule has 2 heterocycles. The Balaban J connectivity index is 1.70. The first kappa shape index (κ1) is 19.9. The smallest absolute Gasteiger partial charge is 0.257 e. The predicted molar refractivity (Wildman–Crippen MR) is 112 cm³/mol. The highest BCUT2D eigenvalue weighted by molar-refractivity contribution is 7.98.